The second kappa shape index (κ2) is 21.3. The van der Waals surface area contributed by atoms with Gasteiger partial charge in [0.2, 0.25) is 5.91 Å². The van der Waals surface area contributed by atoms with E-state index in [2.05, 4.69) is 17.2 Å². The second-order valence-electron chi connectivity index (χ2n) is 8.14. The van der Waals surface area contributed by atoms with Crippen molar-refractivity contribution in [3.63, 3.8) is 0 Å². The van der Waals surface area contributed by atoms with Crippen LogP contribution >= 0.6 is 0 Å². The molecule has 0 aromatic rings. The van der Waals surface area contributed by atoms with E-state index in [-0.39, 0.29) is 17.7 Å². The predicted molar refractivity (Wildman–Crippen MR) is 128 cm³/mol. The minimum Gasteiger partial charge on any atom is -0.382 e. The monoisotopic (exact) mass is 437 g/mol. The summed E-state index contributed by atoms with van der Waals surface area (Å²) in [5.41, 5.74) is 5.46. The van der Waals surface area contributed by atoms with Crippen molar-refractivity contribution in [1.82, 2.24) is 5.32 Å². The number of amidine groups is 1. The molecule has 177 valence electrons. The molecular weight excluding hydrogens is 395 g/mol. The van der Waals surface area contributed by atoms with Crippen LogP contribution in [0.1, 0.15) is 90.4 Å². The number of carbonyl (C=O) groups excluding carboxylic acids is 2. The number of nitrogens with one attached hydrogen (secondary N) is 1. The van der Waals surface area contributed by atoms with E-state index in [4.69, 9.17) is 5.73 Å². The van der Waals surface area contributed by atoms with Gasteiger partial charge in [0.25, 0.3) is 6.54 Å². The standard InChI is InChI=1S/C22H42BN4O4/c1-2-3-4-5-6-7-8-9-10-12-16-26-22(29)20(17-23-19-28)14-11-13-15-25-21(24)18-27(30)31/h19-20H,2-18H2,1H3,(H2,24,25)(H,26,29)/t20-/m1/s1. The van der Waals surface area contributed by atoms with Crippen LogP contribution in [-0.2, 0) is 9.59 Å². The topological polar surface area (TPSA) is 128 Å². The molecule has 0 aliphatic rings. The van der Waals surface area contributed by atoms with E-state index in [0.717, 1.165) is 25.4 Å². The van der Waals surface area contributed by atoms with Crippen molar-refractivity contribution in [1.29, 1.82) is 0 Å². The van der Waals surface area contributed by atoms with E-state index in [1.807, 2.05) is 0 Å². The first-order valence-electron chi connectivity index (χ1n) is 12.0. The minimum atomic E-state index is -0.511. The molecule has 0 aliphatic carbocycles. The summed E-state index contributed by atoms with van der Waals surface area (Å²) >= 11 is 0. The molecule has 1 radical (unpaired) electrons. The van der Waals surface area contributed by atoms with Crippen LogP contribution in [0.2, 0.25) is 6.32 Å². The zero-order valence-corrected chi connectivity index (χ0v) is 19.4. The number of hydrogen-bond donors (Lipinski definition) is 2. The van der Waals surface area contributed by atoms with Crippen molar-refractivity contribution in [3.8, 4) is 0 Å². The highest BCUT2D eigenvalue weighted by Gasteiger charge is 2.17. The van der Waals surface area contributed by atoms with Crippen molar-refractivity contribution in [3.05, 3.63) is 10.1 Å². The van der Waals surface area contributed by atoms with Gasteiger partial charge in [0, 0.05) is 23.9 Å². The molecule has 0 bridgehead atoms. The number of unbranched alkanes of at least 4 members (excludes halogenated alkanes) is 10. The van der Waals surface area contributed by atoms with Crippen molar-refractivity contribution in [2.24, 2.45) is 16.6 Å². The minimum absolute atomic E-state index is 0.00890. The molecule has 0 aliphatic heterocycles. The summed E-state index contributed by atoms with van der Waals surface area (Å²) in [7, 11) is 1.48. The van der Waals surface area contributed by atoms with Crippen LogP contribution in [-0.4, -0.2) is 49.8 Å². The van der Waals surface area contributed by atoms with Crippen LogP contribution in [0.15, 0.2) is 4.99 Å². The third-order valence-electron chi connectivity index (χ3n) is 5.28. The van der Waals surface area contributed by atoms with Crippen molar-refractivity contribution in [2.75, 3.05) is 19.6 Å². The van der Waals surface area contributed by atoms with Crippen LogP contribution in [0.5, 0.6) is 0 Å². The third kappa shape index (κ3) is 19.8. The van der Waals surface area contributed by atoms with Crippen molar-refractivity contribution >= 4 is 25.2 Å². The number of aliphatic imine (C=N–C) groups is 1. The molecule has 31 heavy (non-hydrogen) atoms. The van der Waals surface area contributed by atoms with Crippen LogP contribution < -0.4 is 11.1 Å². The Bertz CT molecular complexity index is 518. The van der Waals surface area contributed by atoms with Crippen LogP contribution in [0.3, 0.4) is 0 Å². The maximum absolute atomic E-state index is 12.4. The average molecular weight is 437 g/mol. The van der Waals surface area contributed by atoms with Crippen LogP contribution in [0.25, 0.3) is 0 Å². The molecule has 9 heteroatoms. The Kier molecular flexibility index (Phi) is 20.0. The van der Waals surface area contributed by atoms with Gasteiger partial charge in [0.15, 0.2) is 13.1 Å². The maximum atomic E-state index is 12.4. The maximum Gasteiger partial charge on any atom is 0.259 e. The Morgan fingerprint density at radius 3 is 2.26 bits per heavy atom. The molecule has 0 saturated heterocycles. The molecule has 3 N–H and O–H groups in total. The Hall–Kier alpha value is -1.93. The Morgan fingerprint density at radius 2 is 1.68 bits per heavy atom. The molecule has 0 unspecified atom stereocenters. The molecule has 0 saturated carbocycles. The van der Waals surface area contributed by atoms with Gasteiger partial charge in [-0.3, -0.25) is 19.9 Å². The first-order chi connectivity index (χ1) is 15.0. The van der Waals surface area contributed by atoms with Gasteiger partial charge in [-0.2, -0.15) is 0 Å². The third-order valence-corrected chi connectivity index (χ3v) is 5.28. The summed E-state index contributed by atoms with van der Waals surface area (Å²) in [5.74, 6) is -0.219. The quantitative estimate of drug-likeness (QED) is 0.0507. The van der Waals surface area contributed by atoms with Crippen LogP contribution in [0, 0.1) is 16.0 Å². The van der Waals surface area contributed by atoms with Gasteiger partial charge in [-0.25, -0.2) is 0 Å². The van der Waals surface area contributed by atoms with Crippen molar-refractivity contribution in [2.45, 2.75) is 96.7 Å². The van der Waals surface area contributed by atoms with E-state index < -0.39 is 11.5 Å². The summed E-state index contributed by atoms with van der Waals surface area (Å²) in [6.07, 6.45) is 15.8. The first-order valence-corrected chi connectivity index (χ1v) is 12.0. The Balaban J connectivity index is 3.91. The summed E-state index contributed by atoms with van der Waals surface area (Å²) in [6.45, 7) is 2.87. The molecule has 0 rings (SSSR count). The largest absolute Gasteiger partial charge is 0.382 e. The summed E-state index contributed by atoms with van der Waals surface area (Å²) < 4.78 is 0. The summed E-state index contributed by atoms with van der Waals surface area (Å²) in [5, 5.41) is 13.3. The molecule has 0 heterocycles. The van der Waals surface area contributed by atoms with E-state index in [1.54, 1.807) is 0 Å². The van der Waals surface area contributed by atoms with Crippen molar-refractivity contribution < 1.29 is 14.5 Å². The van der Waals surface area contributed by atoms with Gasteiger partial charge in [-0.1, -0.05) is 77.5 Å². The highest BCUT2D eigenvalue weighted by Crippen LogP contribution is 2.14. The fourth-order valence-electron chi connectivity index (χ4n) is 3.45. The van der Waals surface area contributed by atoms with E-state index in [0.29, 0.717) is 32.3 Å². The normalized spacial score (nSPS) is 12.4. The SMILES string of the molecule is CCCCCCCCCCCCNC(=O)[C@@H](C[B]C=O)CCCCN=C(N)C[N+](=O)[O-]. The predicted octanol–water partition coefficient (Wildman–Crippen LogP) is 3.76. The molecule has 8 nitrogen and oxygen atoms in total. The number of nitrogens with zero attached hydrogens (tertiary/aromatic N) is 2. The molecule has 0 aromatic heterocycles. The van der Waals surface area contributed by atoms with Gasteiger partial charge >= 0.3 is 0 Å². The lowest BCUT2D eigenvalue weighted by atomic mass is 9.70. The molecule has 1 atom stereocenters. The van der Waals surface area contributed by atoms with Gasteiger partial charge in [0.05, 0.1) is 6.19 Å². The van der Waals surface area contributed by atoms with Gasteiger partial charge in [-0.05, 0) is 19.3 Å². The number of carbonyl (C=O) groups is 2. The lowest BCUT2D eigenvalue weighted by Crippen LogP contribution is -2.32. The van der Waals surface area contributed by atoms with E-state index in [9.17, 15) is 19.7 Å². The number of nitro groups is 1. The zero-order valence-electron chi connectivity index (χ0n) is 19.4. The lowest BCUT2D eigenvalue weighted by Gasteiger charge is -2.15. The molecule has 0 fully saturated rings. The van der Waals surface area contributed by atoms with E-state index in [1.165, 1.54) is 58.6 Å². The van der Waals surface area contributed by atoms with Crippen LogP contribution in [0.4, 0.5) is 0 Å². The fourth-order valence-corrected chi connectivity index (χ4v) is 3.45. The number of hydrogen-bond acceptors (Lipinski definition) is 5. The van der Waals surface area contributed by atoms with Gasteiger partial charge in [0.1, 0.15) is 0 Å². The average Bonchev–Trinajstić information content (AvgIpc) is 2.73. The summed E-state index contributed by atoms with van der Waals surface area (Å²) in [4.78, 5) is 36.9. The summed E-state index contributed by atoms with van der Waals surface area (Å²) in [6, 6.07) is 0. The lowest BCUT2D eigenvalue weighted by molar-refractivity contribution is -0.463. The Morgan fingerprint density at radius 1 is 1.06 bits per heavy atom. The van der Waals surface area contributed by atoms with Gasteiger partial charge < -0.3 is 15.8 Å². The number of rotatable bonds is 22. The van der Waals surface area contributed by atoms with E-state index >= 15 is 0 Å². The fraction of sp³-hybridized carbons (Fsp3) is 0.864. The number of amides is 1. The molecule has 0 spiro atoms. The highest BCUT2D eigenvalue weighted by atomic mass is 16.6. The zero-order chi connectivity index (χ0) is 23.2. The number of nitrogens with two attached hydrogens (primary N) is 1. The molecule has 0 aromatic carbocycles. The molecule has 1 amide bonds. The molecular formula is C22H42BN4O4. The Labute approximate surface area is 188 Å². The first kappa shape index (κ1) is 29.1. The van der Waals surface area contributed by atoms with Gasteiger partial charge in [-0.15, -0.1) is 0 Å². The second-order valence-corrected chi connectivity index (χ2v) is 8.14. The highest BCUT2D eigenvalue weighted by molar-refractivity contribution is 6.66. The smallest absolute Gasteiger partial charge is 0.259 e.